The van der Waals surface area contributed by atoms with Gasteiger partial charge in [-0.25, -0.2) is 0 Å². The van der Waals surface area contributed by atoms with Gasteiger partial charge in [0, 0.05) is 13.1 Å². The molecule has 0 saturated heterocycles. The lowest BCUT2D eigenvalue weighted by Gasteiger charge is -2.13. The number of carbonyl (C=O) groups excluding carboxylic acids is 1. The Bertz CT molecular complexity index is 415. The summed E-state index contributed by atoms with van der Waals surface area (Å²) >= 11 is 0. The molecule has 4 nitrogen and oxygen atoms in total. The van der Waals surface area contributed by atoms with E-state index in [2.05, 4.69) is 36.6 Å². The second kappa shape index (κ2) is 9.53. The van der Waals surface area contributed by atoms with Gasteiger partial charge in [-0.1, -0.05) is 45.0 Å². The fraction of sp³-hybridized carbons (Fsp3) is 0.588. The van der Waals surface area contributed by atoms with Gasteiger partial charge in [-0.3, -0.25) is 4.79 Å². The average molecular weight is 292 g/mol. The smallest absolute Gasteiger partial charge is 0.233 e. The largest absolute Gasteiger partial charge is 0.387 e. The Balaban J connectivity index is 2.34. The highest BCUT2D eigenvalue weighted by Crippen LogP contribution is 2.15. The van der Waals surface area contributed by atoms with E-state index in [1.165, 1.54) is 5.56 Å². The van der Waals surface area contributed by atoms with Crippen LogP contribution in [0.5, 0.6) is 0 Å². The van der Waals surface area contributed by atoms with Crippen LogP contribution in [0.3, 0.4) is 0 Å². The third-order valence-corrected chi connectivity index (χ3v) is 3.20. The van der Waals surface area contributed by atoms with Gasteiger partial charge in [-0.15, -0.1) is 0 Å². The van der Waals surface area contributed by atoms with Crippen LogP contribution in [0, 0.1) is 5.92 Å². The molecule has 0 heterocycles. The lowest BCUT2D eigenvalue weighted by Crippen LogP contribution is -2.35. The summed E-state index contributed by atoms with van der Waals surface area (Å²) in [5.41, 5.74) is 2.16. The lowest BCUT2D eigenvalue weighted by molar-refractivity contribution is -0.120. The predicted molar refractivity (Wildman–Crippen MR) is 86.1 cm³/mol. The van der Waals surface area contributed by atoms with E-state index in [-0.39, 0.29) is 12.5 Å². The number of aliphatic hydroxyl groups is 1. The number of amides is 1. The zero-order valence-electron chi connectivity index (χ0n) is 13.4. The lowest BCUT2D eigenvalue weighted by atomic mass is 10.0. The molecule has 21 heavy (non-hydrogen) atoms. The first-order chi connectivity index (χ1) is 10.0. The molecule has 1 atom stereocenters. The molecule has 118 valence electrons. The summed E-state index contributed by atoms with van der Waals surface area (Å²) < 4.78 is 0. The van der Waals surface area contributed by atoms with Crippen LogP contribution >= 0.6 is 0 Å². The fourth-order valence-electron chi connectivity index (χ4n) is 2.11. The van der Waals surface area contributed by atoms with Crippen LogP contribution in [0.4, 0.5) is 0 Å². The number of carbonyl (C=O) groups is 1. The molecule has 4 heteroatoms. The van der Waals surface area contributed by atoms with E-state index in [9.17, 15) is 9.90 Å². The molecule has 3 N–H and O–H groups in total. The summed E-state index contributed by atoms with van der Waals surface area (Å²) in [6, 6.07) is 8.04. The highest BCUT2D eigenvalue weighted by molar-refractivity contribution is 5.77. The molecule has 1 amide bonds. The topological polar surface area (TPSA) is 61.4 Å². The zero-order valence-corrected chi connectivity index (χ0v) is 13.4. The highest BCUT2D eigenvalue weighted by atomic mass is 16.3. The van der Waals surface area contributed by atoms with Crippen molar-refractivity contribution < 1.29 is 9.90 Å². The minimum atomic E-state index is -0.586. The van der Waals surface area contributed by atoms with Crippen molar-refractivity contribution in [3.05, 3.63) is 35.4 Å². The molecule has 0 fully saturated rings. The predicted octanol–water partition coefficient (Wildman–Crippen LogP) is 2.03. The standard InChI is InChI=1S/C17H28N2O2/c1-4-9-19-17(21)12-18-11-16(20)15-7-5-14(6-8-15)10-13(2)3/h5-8,13,16,18,20H,4,9-12H2,1-3H3,(H,19,21). The highest BCUT2D eigenvalue weighted by Gasteiger charge is 2.08. The number of benzene rings is 1. The van der Waals surface area contributed by atoms with Crippen LogP contribution in [0.15, 0.2) is 24.3 Å². The monoisotopic (exact) mass is 292 g/mol. The van der Waals surface area contributed by atoms with Gasteiger partial charge >= 0.3 is 0 Å². The van der Waals surface area contributed by atoms with Gasteiger partial charge in [0.2, 0.25) is 5.91 Å². The summed E-state index contributed by atoms with van der Waals surface area (Å²) in [6.45, 7) is 7.71. The molecule has 0 aliphatic carbocycles. The number of hydrogen-bond donors (Lipinski definition) is 3. The normalized spacial score (nSPS) is 12.4. The van der Waals surface area contributed by atoms with Gasteiger partial charge in [0.15, 0.2) is 0 Å². The number of nitrogens with one attached hydrogen (secondary N) is 2. The van der Waals surface area contributed by atoms with Gasteiger partial charge in [0.25, 0.3) is 0 Å². The van der Waals surface area contributed by atoms with Crippen LogP contribution in [0.1, 0.15) is 44.4 Å². The molecular weight excluding hydrogens is 264 g/mol. The summed E-state index contributed by atoms with van der Waals surface area (Å²) in [7, 11) is 0. The molecule has 0 radical (unpaired) electrons. The van der Waals surface area contributed by atoms with E-state index in [1.54, 1.807) is 0 Å². The van der Waals surface area contributed by atoms with Crippen molar-refractivity contribution in [2.75, 3.05) is 19.6 Å². The zero-order chi connectivity index (χ0) is 15.7. The first-order valence-corrected chi connectivity index (χ1v) is 7.77. The Morgan fingerprint density at radius 1 is 1.24 bits per heavy atom. The molecule has 0 saturated carbocycles. The molecule has 0 bridgehead atoms. The molecule has 0 spiro atoms. The van der Waals surface area contributed by atoms with E-state index >= 15 is 0 Å². The second-order valence-electron chi connectivity index (χ2n) is 5.84. The first-order valence-electron chi connectivity index (χ1n) is 7.77. The molecule has 1 rings (SSSR count). The Kier molecular flexibility index (Phi) is 8.01. The Labute approximate surface area is 128 Å². The molecule has 1 aromatic rings. The van der Waals surface area contributed by atoms with Crippen molar-refractivity contribution in [2.45, 2.75) is 39.7 Å². The van der Waals surface area contributed by atoms with Crippen LogP contribution in [-0.2, 0) is 11.2 Å². The molecule has 0 aromatic heterocycles. The quantitative estimate of drug-likeness (QED) is 0.652. The van der Waals surface area contributed by atoms with Crippen molar-refractivity contribution in [3.63, 3.8) is 0 Å². The Morgan fingerprint density at radius 2 is 1.90 bits per heavy atom. The van der Waals surface area contributed by atoms with Gasteiger partial charge in [0.1, 0.15) is 0 Å². The van der Waals surface area contributed by atoms with Crippen LogP contribution in [-0.4, -0.2) is 30.6 Å². The maximum Gasteiger partial charge on any atom is 0.233 e. The number of aliphatic hydroxyl groups excluding tert-OH is 1. The number of hydrogen-bond acceptors (Lipinski definition) is 3. The van der Waals surface area contributed by atoms with Crippen molar-refractivity contribution >= 4 is 5.91 Å². The molecule has 0 aliphatic rings. The van der Waals surface area contributed by atoms with Crippen molar-refractivity contribution in [1.29, 1.82) is 0 Å². The summed E-state index contributed by atoms with van der Waals surface area (Å²) in [5.74, 6) is 0.598. The summed E-state index contributed by atoms with van der Waals surface area (Å²) in [6.07, 6.45) is 1.39. The third kappa shape index (κ3) is 7.25. The maximum atomic E-state index is 11.4. The molecule has 1 aromatic carbocycles. The van der Waals surface area contributed by atoms with E-state index in [1.807, 2.05) is 19.1 Å². The Hall–Kier alpha value is -1.39. The Morgan fingerprint density at radius 3 is 2.48 bits per heavy atom. The minimum absolute atomic E-state index is 0.0312. The van der Waals surface area contributed by atoms with E-state index < -0.39 is 6.10 Å². The first kappa shape index (κ1) is 17.7. The van der Waals surface area contributed by atoms with Crippen molar-refractivity contribution in [1.82, 2.24) is 10.6 Å². The van der Waals surface area contributed by atoms with E-state index in [4.69, 9.17) is 0 Å². The second-order valence-corrected chi connectivity index (χ2v) is 5.84. The molecule has 0 aliphatic heterocycles. The summed E-state index contributed by atoms with van der Waals surface area (Å²) in [5, 5.41) is 15.9. The van der Waals surface area contributed by atoms with Crippen molar-refractivity contribution in [2.24, 2.45) is 5.92 Å². The molecule has 1 unspecified atom stereocenters. The van der Waals surface area contributed by atoms with Gasteiger partial charge in [0.05, 0.1) is 12.6 Å². The van der Waals surface area contributed by atoms with Crippen LogP contribution < -0.4 is 10.6 Å². The average Bonchev–Trinajstić information content (AvgIpc) is 2.45. The maximum absolute atomic E-state index is 11.4. The third-order valence-electron chi connectivity index (χ3n) is 3.20. The number of rotatable bonds is 9. The fourth-order valence-corrected chi connectivity index (χ4v) is 2.11. The molecular formula is C17H28N2O2. The van der Waals surface area contributed by atoms with Gasteiger partial charge in [-0.2, -0.15) is 0 Å². The van der Waals surface area contributed by atoms with Gasteiger partial charge < -0.3 is 15.7 Å². The SMILES string of the molecule is CCCNC(=O)CNCC(O)c1ccc(CC(C)C)cc1. The van der Waals surface area contributed by atoms with Crippen LogP contribution in [0.2, 0.25) is 0 Å². The summed E-state index contributed by atoms with van der Waals surface area (Å²) in [4.78, 5) is 11.4. The van der Waals surface area contributed by atoms with E-state index in [0.29, 0.717) is 19.0 Å². The minimum Gasteiger partial charge on any atom is -0.387 e. The van der Waals surface area contributed by atoms with Crippen LogP contribution in [0.25, 0.3) is 0 Å². The van der Waals surface area contributed by atoms with Gasteiger partial charge in [-0.05, 0) is 29.9 Å². The van der Waals surface area contributed by atoms with Crippen molar-refractivity contribution in [3.8, 4) is 0 Å². The van der Waals surface area contributed by atoms with E-state index in [0.717, 1.165) is 18.4 Å².